The molecule has 238 valence electrons. The summed E-state index contributed by atoms with van der Waals surface area (Å²) in [4.78, 5) is 62.7. The Hall–Kier alpha value is -4.33. The van der Waals surface area contributed by atoms with Crippen LogP contribution in [0, 0.1) is 5.92 Å². The second-order valence-corrected chi connectivity index (χ2v) is 10.9. The van der Waals surface area contributed by atoms with Gasteiger partial charge in [0.1, 0.15) is 12.6 Å². The van der Waals surface area contributed by atoms with Crippen molar-refractivity contribution in [2.75, 3.05) is 19.6 Å². The fourth-order valence-electron chi connectivity index (χ4n) is 4.48. The number of carboxylic acid groups (broad SMARTS) is 1. The number of epoxide rings is 1. The van der Waals surface area contributed by atoms with Crippen molar-refractivity contribution in [2.24, 2.45) is 5.92 Å². The van der Waals surface area contributed by atoms with Gasteiger partial charge in [-0.3, -0.25) is 29.4 Å². The Morgan fingerprint density at radius 3 is 2.16 bits per heavy atom. The van der Waals surface area contributed by atoms with Crippen molar-refractivity contribution in [2.45, 2.75) is 64.0 Å². The highest BCUT2D eigenvalue weighted by Crippen LogP contribution is 2.24. The highest BCUT2D eigenvalue weighted by atomic mass is 16.6. The number of carboxylic acids is 1. The van der Waals surface area contributed by atoms with Crippen LogP contribution < -0.4 is 21.4 Å². The lowest BCUT2D eigenvalue weighted by molar-refractivity contribution is -0.151. The van der Waals surface area contributed by atoms with Gasteiger partial charge in [-0.1, -0.05) is 74.5 Å². The number of benzene rings is 2. The first-order valence-corrected chi connectivity index (χ1v) is 14.6. The number of aryl methyl sites for hydroxylation is 1. The van der Waals surface area contributed by atoms with Gasteiger partial charge >= 0.3 is 5.97 Å². The molecule has 1 aliphatic heterocycles. The molecule has 13 heteroatoms. The zero-order valence-electron chi connectivity index (χ0n) is 25.1. The van der Waals surface area contributed by atoms with E-state index in [1.165, 1.54) is 12.5 Å². The Morgan fingerprint density at radius 2 is 1.55 bits per heavy atom. The molecule has 0 saturated carbocycles. The molecule has 0 aliphatic carbocycles. The van der Waals surface area contributed by atoms with Crippen LogP contribution in [-0.4, -0.2) is 88.7 Å². The Bertz CT molecular complexity index is 1280. The van der Waals surface area contributed by atoms with Crippen LogP contribution in [-0.2, 0) is 35.1 Å². The molecule has 0 aromatic heterocycles. The van der Waals surface area contributed by atoms with Crippen LogP contribution in [0.3, 0.4) is 0 Å². The van der Waals surface area contributed by atoms with Crippen molar-refractivity contribution < 1.29 is 38.9 Å². The lowest BCUT2D eigenvalue weighted by Gasteiger charge is -2.26. The maximum atomic E-state index is 13.0. The van der Waals surface area contributed by atoms with E-state index in [9.17, 15) is 34.2 Å². The first-order valence-electron chi connectivity index (χ1n) is 14.6. The van der Waals surface area contributed by atoms with Gasteiger partial charge in [-0.2, -0.15) is 0 Å². The van der Waals surface area contributed by atoms with Crippen molar-refractivity contribution in [1.29, 1.82) is 0 Å². The van der Waals surface area contributed by atoms with Gasteiger partial charge in [0.15, 0.2) is 12.2 Å². The number of rotatable bonds is 16. The fourth-order valence-corrected chi connectivity index (χ4v) is 4.48. The number of aliphatic hydroxyl groups excluding tert-OH is 1. The standard InChI is InChI=1S/C31H41N5O8/c1-19(2)25(32-16-10-13-21-11-6-4-7-12-21)29(41)34-20(3)28(40)35-36(18-24(38)39)31(43)27-26(44-27)30(42)33-17-23(37)22-14-8-5-9-15-22/h4-9,11-12,14-15,19-20,23,25-27,32,37H,10,13,16-18H2,1-3H3,(H,33,42)(H,34,41)(H,35,40)(H,38,39)/t20?,23?,25?,26-,27-/m0/s1. The fraction of sp³-hybridized carbons (Fsp3) is 0.452. The van der Waals surface area contributed by atoms with Crippen molar-refractivity contribution >= 4 is 29.6 Å². The van der Waals surface area contributed by atoms with Crippen LogP contribution in [0.2, 0.25) is 0 Å². The molecule has 4 amide bonds. The minimum absolute atomic E-state index is 0.0871. The number of hydrogen-bond donors (Lipinski definition) is 6. The quantitative estimate of drug-likeness (QED) is 0.0881. The van der Waals surface area contributed by atoms with Gasteiger partial charge in [-0.15, -0.1) is 0 Å². The van der Waals surface area contributed by atoms with Crippen LogP contribution in [0.15, 0.2) is 60.7 Å². The highest BCUT2D eigenvalue weighted by molar-refractivity contribution is 5.97. The molecule has 13 nitrogen and oxygen atoms in total. The number of carbonyl (C=O) groups is 5. The van der Waals surface area contributed by atoms with Crippen LogP contribution in [0.5, 0.6) is 0 Å². The average molecular weight is 612 g/mol. The number of ether oxygens (including phenoxy) is 1. The Balaban J connectivity index is 1.48. The van der Waals surface area contributed by atoms with E-state index >= 15 is 0 Å². The zero-order valence-corrected chi connectivity index (χ0v) is 25.1. The molecule has 44 heavy (non-hydrogen) atoms. The number of nitrogens with one attached hydrogen (secondary N) is 4. The number of hydrogen-bond acceptors (Lipinski definition) is 8. The monoisotopic (exact) mass is 611 g/mol. The summed E-state index contributed by atoms with van der Waals surface area (Å²) >= 11 is 0. The lowest BCUT2D eigenvalue weighted by Crippen LogP contribution is -2.58. The predicted octanol–water partition coefficient (Wildman–Crippen LogP) is 0.300. The maximum Gasteiger partial charge on any atom is 0.325 e. The molecule has 5 atom stereocenters. The molecular weight excluding hydrogens is 570 g/mol. The van der Waals surface area contributed by atoms with E-state index in [1.54, 1.807) is 30.3 Å². The lowest BCUT2D eigenvalue weighted by atomic mass is 10.0. The molecule has 0 bridgehead atoms. The second kappa shape index (κ2) is 16.5. The van der Waals surface area contributed by atoms with E-state index in [0.29, 0.717) is 17.1 Å². The summed E-state index contributed by atoms with van der Waals surface area (Å²) in [6.45, 7) is 4.70. The molecule has 1 aliphatic rings. The number of amides is 4. The van der Waals surface area contributed by atoms with Crippen molar-refractivity contribution in [3.63, 3.8) is 0 Å². The highest BCUT2D eigenvalue weighted by Gasteiger charge is 2.52. The predicted molar refractivity (Wildman–Crippen MR) is 160 cm³/mol. The third kappa shape index (κ3) is 10.4. The Morgan fingerprint density at radius 1 is 0.909 bits per heavy atom. The largest absolute Gasteiger partial charge is 0.480 e. The number of carbonyl (C=O) groups excluding carboxylic acids is 4. The van der Waals surface area contributed by atoms with E-state index in [0.717, 1.165) is 12.8 Å². The summed E-state index contributed by atoms with van der Waals surface area (Å²) < 4.78 is 5.17. The Labute approximate surface area is 256 Å². The molecule has 2 aromatic rings. The average Bonchev–Trinajstić information content (AvgIpc) is 3.80. The molecule has 0 radical (unpaired) electrons. The normalized spacial score (nSPS) is 17.6. The van der Waals surface area contributed by atoms with Gasteiger partial charge in [-0.05, 0) is 43.4 Å². The number of nitrogens with zero attached hydrogens (tertiary/aromatic N) is 1. The first-order chi connectivity index (χ1) is 21.0. The molecule has 3 rings (SSSR count). The molecule has 6 N–H and O–H groups in total. The zero-order chi connectivity index (χ0) is 32.2. The first kappa shape index (κ1) is 34.2. The minimum Gasteiger partial charge on any atom is -0.480 e. The number of hydrazine groups is 1. The van der Waals surface area contributed by atoms with E-state index in [2.05, 4.69) is 21.4 Å². The van der Waals surface area contributed by atoms with Gasteiger partial charge in [-0.25, -0.2) is 5.01 Å². The maximum absolute atomic E-state index is 13.0. The molecular formula is C31H41N5O8. The third-order valence-electron chi connectivity index (χ3n) is 7.00. The molecule has 2 aromatic carbocycles. The number of aliphatic hydroxyl groups is 1. The summed E-state index contributed by atoms with van der Waals surface area (Å²) in [6, 6.07) is 16.9. The van der Waals surface area contributed by atoms with Gasteiger partial charge in [0.2, 0.25) is 5.91 Å². The van der Waals surface area contributed by atoms with Gasteiger partial charge in [0, 0.05) is 6.54 Å². The van der Waals surface area contributed by atoms with Gasteiger partial charge < -0.3 is 30.9 Å². The van der Waals surface area contributed by atoms with Gasteiger partial charge in [0.25, 0.3) is 17.7 Å². The third-order valence-corrected chi connectivity index (χ3v) is 7.00. The smallest absolute Gasteiger partial charge is 0.325 e. The van der Waals surface area contributed by atoms with Crippen LogP contribution in [0.4, 0.5) is 0 Å². The van der Waals surface area contributed by atoms with E-state index < -0.39 is 66.5 Å². The van der Waals surface area contributed by atoms with Crippen molar-refractivity contribution in [3.8, 4) is 0 Å². The summed E-state index contributed by atoms with van der Waals surface area (Å²) in [5, 5.41) is 28.4. The van der Waals surface area contributed by atoms with Gasteiger partial charge in [0.05, 0.1) is 12.1 Å². The summed E-state index contributed by atoms with van der Waals surface area (Å²) in [5.41, 5.74) is 4.00. The topological polar surface area (TPSA) is 190 Å². The Kier molecular flexibility index (Phi) is 12.8. The molecule has 1 saturated heterocycles. The van der Waals surface area contributed by atoms with E-state index in [4.69, 9.17) is 4.74 Å². The van der Waals surface area contributed by atoms with Crippen LogP contribution in [0.1, 0.15) is 44.4 Å². The molecule has 1 heterocycles. The van der Waals surface area contributed by atoms with Crippen molar-refractivity contribution in [3.05, 3.63) is 71.8 Å². The van der Waals surface area contributed by atoms with Crippen LogP contribution in [0.25, 0.3) is 0 Å². The van der Waals surface area contributed by atoms with E-state index in [-0.39, 0.29) is 12.5 Å². The van der Waals surface area contributed by atoms with E-state index in [1.807, 2.05) is 44.2 Å². The van der Waals surface area contributed by atoms with Crippen LogP contribution >= 0.6 is 0 Å². The van der Waals surface area contributed by atoms with Crippen molar-refractivity contribution in [1.82, 2.24) is 26.4 Å². The second-order valence-electron chi connectivity index (χ2n) is 10.9. The molecule has 1 fully saturated rings. The number of aliphatic carboxylic acids is 1. The molecule has 0 spiro atoms. The molecule has 3 unspecified atom stereocenters. The summed E-state index contributed by atoms with van der Waals surface area (Å²) in [5.74, 6) is -4.36. The minimum atomic E-state index is -1.41. The summed E-state index contributed by atoms with van der Waals surface area (Å²) in [7, 11) is 0. The SMILES string of the molecule is CC(NC(=O)C(NCCCc1ccccc1)C(C)C)C(=O)NN(CC(=O)O)C(=O)[C@H]1O[C@@H]1C(=O)NCC(O)c1ccccc1. The summed E-state index contributed by atoms with van der Waals surface area (Å²) in [6.07, 6.45) is -1.87.